The molecule has 1 rings (SSSR count). The van der Waals surface area contributed by atoms with E-state index in [4.69, 9.17) is 9.47 Å². The Hall–Kier alpha value is -0.160. The van der Waals surface area contributed by atoms with Gasteiger partial charge in [-0.05, 0) is 38.8 Å². The molecule has 0 aromatic rings. The topological polar surface area (TPSA) is 33.7 Å². The third kappa shape index (κ3) is 8.58. The van der Waals surface area contributed by atoms with E-state index in [0.717, 1.165) is 26.2 Å². The van der Waals surface area contributed by atoms with Crippen molar-refractivity contribution in [3.05, 3.63) is 0 Å². The minimum atomic E-state index is 0.700. The minimum absolute atomic E-state index is 0.700. The molecule has 0 aliphatic carbocycles. The quantitative estimate of drug-likeness (QED) is 0.550. The Kier molecular flexibility index (Phi) is 10.4. The fourth-order valence-electron chi connectivity index (χ4n) is 2.53. The van der Waals surface area contributed by atoms with Gasteiger partial charge in [0.15, 0.2) is 0 Å². The molecular weight excluding hydrogens is 240 g/mol. The van der Waals surface area contributed by atoms with Gasteiger partial charge in [0.2, 0.25) is 0 Å². The predicted octanol–water partition coefficient (Wildman–Crippen LogP) is 1.89. The van der Waals surface area contributed by atoms with Gasteiger partial charge in [0.05, 0.1) is 13.2 Å². The largest absolute Gasteiger partial charge is 0.382 e. The van der Waals surface area contributed by atoms with E-state index in [9.17, 15) is 0 Å². The number of nitrogens with one attached hydrogen (secondary N) is 1. The fourth-order valence-corrected chi connectivity index (χ4v) is 2.53. The summed E-state index contributed by atoms with van der Waals surface area (Å²) >= 11 is 0. The molecule has 0 aromatic heterocycles. The number of hydrogen-bond acceptors (Lipinski definition) is 4. The van der Waals surface area contributed by atoms with Crippen LogP contribution in [-0.2, 0) is 9.47 Å². The molecular formula is C15H32N2O2. The van der Waals surface area contributed by atoms with Crippen LogP contribution in [0.3, 0.4) is 0 Å². The van der Waals surface area contributed by atoms with Gasteiger partial charge in [-0.3, -0.25) is 0 Å². The molecule has 4 heteroatoms. The predicted molar refractivity (Wildman–Crippen MR) is 79.7 cm³/mol. The van der Waals surface area contributed by atoms with E-state index >= 15 is 0 Å². The highest BCUT2D eigenvalue weighted by Crippen LogP contribution is 2.08. The van der Waals surface area contributed by atoms with Crippen molar-refractivity contribution in [3.8, 4) is 0 Å². The van der Waals surface area contributed by atoms with Crippen LogP contribution in [0.5, 0.6) is 0 Å². The van der Waals surface area contributed by atoms with Crippen molar-refractivity contribution in [3.63, 3.8) is 0 Å². The highest BCUT2D eigenvalue weighted by molar-refractivity contribution is 4.77. The van der Waals surface area contributed by atoms with Crippen LogP contribution in [0.25, 0.3) is 0 Å². The van der Waals surface area contributed by atoms with Crippen LogP contribution in [0.4, 0.5) is 0 Å². The lowest BCUT2D eigenvalue weighted by Crippen LogP contribution is -2.38. The molecule has 0 spiro atoms. The molecule has 4 nitrogen and oxygen atoms in total. The summed E-state index contributed by atoms with van der Waals surface area (Å²) in [6, 6.07) is 0.714. The van der Waals surface area contributed by atoms with Crippen molar-refractivity contribution >= 4 is 0 Å². The van der Waals surface area contributed by atoms with E-state index in [2.05, 4.69) is 17.1 Å². The SMILES string of the molecule is CCCCN(CCCOCCOC)CC1CCCN1. The van der Waals surface area contributed by atoms with Crippen LogP contribution >= 0.6 is 0 Å². The lowest BCUT2D eigenvalue weighted by molar-refractivity contribution is 0.0647. The second-order valence-electron chi connectivity index (χ2n) is 5.41. The van der Waals surface area contributed by atoms with E-state index in [1.807, 2.05) is 0 Å². The van der Waals surface area contributed by atoms with E-state index in [1.54, 1.807) is 7.11 Å². The monoisotopic (exact) mass is 272 g/mol. The summed E-state index contributed by atoms with van der Waals surface area (Å²) in [6.45, 7) is 9.33. The first kappa shape index (κ1) is 16.9. The van der Waals surface area contributed by atoms with Gasteiger partial charge >= 0.3 is 0 Å². The van der Waals surface area contributed by atoms with Crippen molar-refractivity contribution in [1.82, 2.24) is 10.2 Å². The Balaban J connectivity index is 2.09. The molecule has 0 amide bonds. The average Bonchev–Trinajstić information content (AvgIpc) is 2.92. The summed E-state index contributed by atoms with van der Waals surface area (Å²) in [7, 11) is 1.71. The summed E-state index contributed by atoms with van der Waals surface area (Å²) in [6.07, 6.45) is 6.38. The van der Waals surface area contributed by atoms with Crippen LogP contribution in [0.1, 0.15) is 39.0 Å². The molecule has 1 fully saturated rings. The third-order valence-electron chi connectivity index (χ3n) is 3.66. The van der Waals surface area contributed by atoms with E-state index in [0.29, 0.717) is 12.6 Å². The Labute approximate surface area is 118 Å². The van der Waals surface area contributed by atoms with Crippen molar-refractivity contribution in [2.75, 3.05) is 53.1 Å². The van der Waals surface area contributed by atoms with Gasteiger partial charge in [0.25, 0.3) is 0 Å². The zero-order chi connectivity index (χ0) is 13.8. The molecule has 1 unspecified atom stereocenters. The van der Waals surface area contributed by atoms with Crippen molar-refractivity contribution in [2.24, 2.45) is 0 Å². The van der Waals surface area contributed by atoms with Crippen LogP contribution < -0.4 is 5.32 Å². The fraction of sp³-hybridized carbons (Fsp3) is 1.00. The van der Waals surface area contributed by atoms with Crippen molar-refractivity contribution in [2.45, 2.75) is 45.1 Å². The van der Waals surface area contributed by atoms with E-state index in [1.165, 1.54) is 45.3 Å². The second-order valence-corrected chi connectivity index (χ2v) is 5.41. The number of nitrogens with zero attached hydrogens (tertiary/aromatic N) is 1. The first-order valence-electron chi connectivity index (χ1n) is 7.89. The highest BCUT2D eigenvalue weighted by atomic mass is 16.5. The number of methoxy groups -OCH3 is 1. The van der Waals surface area contributed by atoms with Crippen LogP contribution in [0, 0.1) is 0 Å². The summed E-state index contributed by atoms with van der Waals surface area (Å²) in [4.78, 5) is 2.60. The molecule has 1 heterocycles. The lowest BCUT2D eigenvalue weighted by atomic mass is 10.2. The van der Waals surface area contributed by atoms with E-state index in [-0.39, 0.29) is 0 Å². The van der Waals surface area contributed by atoms with Gasteiger partial charge in [-0.25, -0.2) is 0 Å². The number of rotatable bonds is 12. The Morgan fingerprint density at radius 3 is 2.68 bits per heavy atom. The summed E-state index contributed by atoms with van der Waals surface area (Å²) in [5.41, 5.74) is 0. The number of hydrogen-bond donors (Lipinski definition) is 1. The smallest absolute Gasteiger partial charge is 0.0700 e. The second kappa shape index (κ2) is 11.6. The molecule has 114 valence electrons. The van der Waals surface area contributed by atoms with Gasteiger partial charge in [-0.15, -0.1) is 0 Å². The number of unbranched alkanes of at least 4 members (excludes halogenated alkanes) is 1. The third-order valence-corrected chi connectivity index (χ3v) is 3.66. The first-order chi connectivity index (χ1) is 9.36. The lowest BCUT2D eigenvalue weighted by Gasteiger charge is -2.25. The first-order valence-corrected chi connectivity index (χ1v) is 7.89. The molecule has 1 atom stereocenters. The minimum Gasteiger partial charge on any atom is -0.382 e. The van der Waals surface area contributed by atoms with Crippen molar-refractivity contribution in [1.29, 1.82) is 0 Å². The van der Waals surface area contributed by atoms with Gasteiger partial charge in [-0.2, -0.15) is 0 Å². The zero-order valence-corrected chi connectivity index (χ0v) is 12.8. The molecule has 1 aliphatic heterocycles. The van der Waals surface area contributed by atoms with Crippen molar-refractivity contribution < 1.29 is 9.47 Å². The van der Waals surface area contributed by atoms with Gasteiger partial charge in [-0.1, -0.05) is 13.3 Å². The van der Waals surface area contributed by atoms with Crippen LogP contribution in [0.2, 0.25) is 0 Å². The van der Waals surface area contributed by atoms with E-state index < -0.39 is 0 Å². The van der Waals surface area contributed by atoms with Gasteiger partial charge in [0.1, 0.15) is 0 Å². The molecule has 1 aliphatic rings. The molecule has 0 aromatic carbocycles. The normalized spacial score (nSPS) is 19.4. The Morgan fingerprint density at radius 2 is 2.00 bits per heavy atom. The molecule has 0 saturated carbocycles. The Bertz CT molecular complexity index is 197. The van der Waals surface area contributed by atoms with Gasteiger partial charge in [0, 0.05) is 32.8 Å². The average molecular weight is 272 g/mol. The number of ether oxygens (including phenoxy) is 2. The summed E-state index contributed by atoms with van der Waals surface area (Å²) in [5, 5.41) is 3.59. The molecule has 19 heavy (non-hydrogen) atoms. The maximum absolute atomic E-state index is 5.53. The summed E-state index contributed by atoms with van der Waals surface area (Å²) < 4.78 is 10.5. The maximum Gasteiger partial charge on any atom is 0.0700 e. The zero-order valence-electron chi connectivity index (χ0n) is 12.8. The molecule has 0 bridgehead atoms. The van der Waals surface area contributed by atoms with Gasteiger partial charge < -0.3 is 19.7 Å². The molecule has 1 N–H and O–H groups in total. The molecule has 1 saturated heterocycles. The standard InChI is InChI=1S/C15H32N2O2/c1-3-4-9-17(14-15-7-5-8-16-15)10-6-11-19-13-12-18-2/h15-16H,3-14H2,1-2H3. The molecule has 0 radical (unpaired) electrons. The Morgan fingerprint density at radius 1 is 1.16 bits per heavy atom. The van der Waals surface area contributed by atoms with Crippen LogP contribution in [0.15, 0.2) is 0 Å². The van der Waals surface area contributed by atoms with Crippen LogP contribution in [-0.4, -0.2) is 64.1 Å². The maximum atomic E-state index is 5.53. The summed E-state index contributed by atoms with van der Waals surface area (Å²) in [5.74, 6) is 0. The highest BCUT2D eigenvalue weighted by Gasteiger charge is 2.17.